The van der Waals surface area contributed by atoms with Crippen LogP contribution < -0.4 is 5.32 Å². The number of likely N-dealkylation sites (N-methyl/N-ethyl adjacent to an activating group) is 1. The molecule has 0 saturated heterocycles. The van der Waals surface area contributed by atoms with E-state index in [1.807, 2.05) is 0 Å². The number of carboxylic acids is 1. The maximum atomic E-state index is 10.2. The van der Waals surface area contributed by atoms with Crippen molar-refractivity contribution in [2.45, 2.75) is 19.4 Å². The smallest absolute Gasteiger partial charge is 0.323 e. The van der Waals surface area contributed by atoms with Gasteiger partial charge in [0.05, 0.1) is 0 Å². The highest BCUT2D eigenvalue weighted by Crippen LogP contribution is 1.98. The van der Waals surface area contributed by atoms with E-state index >= 15 is 0 Å². The SMILES string of the molecule is CN[11C](C)(C)C(=O)O. The first kappa shape index (κ1) is 7.43. The number of rotatable bonds is 2. The fourth-order valence-electron chi connectivity index (χ4n) is 0.107. The number of carboxylic acid groups (broad SMARTS) is 1. The van der Waals surface area contributed by atoms with Crippen molar-refractivity contribution in [1.82, 2.24) is 5.32 Å². The number of aliphatic carboxylic acids is 1. The van der Waals surface area contributed by atoms with E-state index < -0.39 is 11.5 Å². The molecular formula is C5H11NO2. The molecular weight excluding hydrogens is 105 g/mol. The Labute approximate surface area is 48.7 Å². The molecule has 3 nitrogen and oxygen atoms in total. The Bertz CT molecular complexity index is 98.6. The van der Waals surface area contributed by atoms with Crippen molar-refractivity contribution >= 4 is 5.97 Å². The lowest BCUT2D eigenvalue weighted by molar-refractivity contribution is -0.143. The fraction of sp³-hybridized carbons (Fsp3) is 0.800. The number of nitrogens with one attached hydrogen (secondary N) is 1. The van der Waals surface area contributed by atoms with Gasteiger partial charge in [-0.3, -0.25) is 4.79 Å². The minimum Gasteiger partial charge on any atom is -0.480 e. The summed E-state index contributed by atoms with van der Waals surface area (Å²) < 4.78 is 0. The Hall–Kier alpha value is -0.570. The largest absolute Gasteiger partial charge is 0.480 e. The van der Waals surface area contributed by atoms with Crippen molar-refractivity contribution in [3.05, 3.63) is 0 Å². The standard InChI is InChI=1S/C5H11NO2/c1-5(2,6-3)4(7)8/h6H,1-3H3,(H,7,8)/i5-1. The monoisotopic (exact) mass is 116 g/mol. The average molecular weight is 116 g/mol. The highest BCUT2D eigenvalue weighted by Gasteiger charge is 2.23. The molecule has 0 spiro atoms. The Morgan fingerprint density at radius 3 is 2.00 bits per heavy atom. The first-order chi connectivity index (χ1) is 3.50. The molecule has 0 aliphatic rings. The Balaban J connectivity index is 3.91. The minimum absolute atomic E-state index is 0.792. The summed E-state index contributed by atoms with van der Waals surface area (Å²) in [6.07, 6.45) is 0. The van der Waals surface area contributed by atoms with Gasteiger partial charge in [0.2, 0.25) is 0 Å². The van der Waals surface area contributed by atoms with Crippen LogP contribution in [0, 0.1) is 0 Å². The Kier molecular flexibility index (Phi) is 1.98. The van der Waals surface area contributed by atoms with Crippen LogP contribution in [-0.4, -0.2) is 23.7 Å². The van der Waals surface area contributed by atoms with E-state index in [1.54, 1.807) is 20.9 Å². The predicted molar refractivity (Wildman–Crippen MR) is 30.8 cm³/mol. The lowest BCUT2D eigenvalue weighted by Gasteiger charge is -2.16. The predicted octanol–water partition coefficient (Wildman–Crippen LogP) is 0.0690. The van der Waals surface area contributed by atoms with Crippen molar-refractivity contribution in [3.8, 4) is 0 Å². The van der Waals surface area contributed by atoms with Crippen LogP contribution in [0.1, 0.15) is 13.8 Å². The van der Waals surface area contributed by atoms with Crippen LogP contribution in [0.5, 0.6) is 0 Å². The molecule has 0 aliphatic carbocycles. The Morgan fingerprint density at radius 1 is 1.62 bits per heavy atom. The van der Waals surface area contributed by atoms with E-state index in [0.29, 0.717) is 0 Å². The second-order valence-corrected chi connectivity index (χ2v) is 2.18. The van der Waals surface area contributed by atoms with Gasteiger partial charge in [0.25, 0.3) is 0 Å². The molecule has 0 aliphatic heterocycles. The zero-order valence-corrected chi connectivity index (χ0v) is 5.36. The van der Waals surface area contributed by atoms with E-state index in [0.717, 1.165) is 0 Å². The molecule has 48 valence electrons. The van der Waals surface area contributed by atoms with Gasteiger partial charge in [-0.1, -0.05) is 0 Å². The summed E-state index contributed by atoms with van der Waals surface area (Å²) in [6, 6.07) is 0. The van der Waals surface area contributed by atoms with Crippen molar-refractivity contribution in [2.24, 2.45) is 0 Å². The third kappa shape index (κ3) is 1.50. The molecule has 0 aromatic heterocycles. The van der Waals surface area contributed by atoms with Crippen molar-refractivity contribution in [3.63, 3.8) is 0 Å². The summed E-state index contributed by atoms with van der Waals surface area (Å²) in [5.41, 5.74) is -0.792. The number of carbonyl (C=O) groups is 1. The lowest BCUT2D eigenvalue weighted by atomic mass is 9.52. The van der Waals surface area contributed by atoms with Crippen molar-refractivity contribution in [2.75, 3.05) is 7.05 Å². The zero-order chi connectivity index (χ0) is 6.78. The molecule has 0 unspecified atom stereocenters. The average Bonchev–Trinajstić information content (AvgIpc) is 1.67. The van der Waals surface area contributed by atoms with Gasteiger partial charge in [0, 0.05) is 0 Å². The van der Waals surface area contributed by atoms with Gasteiger partial charge in [0.1, 0.15) is 5.54 Å². The highest BCUT2D eigenvalue weighted by molar-refractivity contribution is 5.77. The minimum atomic E-state index is -0.833. The second-order valence-electron chi connectivity index (χ2n) is 2.18. The van der Waals surface area contributed by atoms with E-state index in [1.165, 1.54) is 0 Å². The fourth-order valence-corrected chi connectivity index (χ4v) is 0.107. The van der Waals surface area contributed by atoms with Gasteiger partial charge in [-0.2, -0.15) is 0 Å². The van der Waals surface area contributed by atoms with Gasteiger partial charge in [-0.15, -0.1) is 0 Å². The molecule has 0 atom stereocenters. The van der Waals surface area contributed by atoms with E-state index in [-0.39, 0.29) is 0 Å². The summed E-state index contributed by atoms with van der Waals surface area (Å²) in [7, 11) is 1.62. The summed E-state index contributed by atoms with van der Waals surface area (Å²) in [4.78, 5) is 10.2. The molecule has 0 radical (unpaired) electrons. The molecule has 0 rings (SSSR count). The normalized spacial score (nSPS) is 11.4. The highest BCUT2D eigenvalue weighted by atomic mass is 16.4. The molecule has 0 aromatic rings. The van der Waals surface area contributed by atoms with Crippen molar-refractivity contribution < 1.29 is 9.90 Å². The maximum absolute atomic E-state index is 10.2. The van der Waals surface area contributed by atoms with Gasteiger partial charge < -0.3 is 10.4 Å². The first-order valence-corrected chi connectivity index (χ1v) is 2.43. The van der Waals surface area contributed by atoms with Crippen LogP contribution in [0.15, 0.2) is 0 Å². The van der Waals surface area contributed by atoms with Gasteiger partial charge in [0.15, 0.2) is 0 Å². The molecule has 3 heteroatoms. The summed E-state index contributed by atoms with van der Waals surface area (Å²) in [5, 5.41) is 11.0. The maximum Gasteiger partial charge on any atom is 0.323 e. The summed E-state index contributed by atoms with van der Waals surface area (Å²) >= 11 is 0. The third-order valence-corrected chi connectivity index (χ3v) is 1.16. The summed E-state index contributed by atoms with van der Waals surface area (Å²) in [6.45, 7) is 3.21. The van der Waals surface area contributed by atoms with Gasteiger partial charge in [-0.05, 0) is 20.9 Å². The van der Waals surface area contributed by atoms with Gasteiger partial charge in [-0.25, -0.2) is 0 Å². The Morgan fingerprint density at radius 2 is 2.00 bits per heavy atom. The van der Waals surface area contributed by atoms with Crippen LogP contribution in [-0.2, 0) is 4.79 Å². The number of hydrogen-bond acceptors (Lipinski definition) is 2. The van der Waals surface area contributed by atoms with E-state index in [4.69, 9.17) is 5.11 Å². The summed E-state index contributed by atoms with van der Waals surface area (Å²) in [5.74, 6) is -0.833. The molecule has 0 fully saturated rings. The topological polar surface area (TPSA) is 49.3 Å². The molecule has 0 aromatic carbocycles. The van der Waals surface area contributed by atoms with Crippen LogP contribution in [0.3, 0.4) is 0 Å². The van der Waals surface area contributed by atoms with Gasteiger partial charge >= 0.3 is 5.97 Å². The lowest BCUT2D eigenvalue weighted by Crippen LogP contribution is -2.44. The molecule has 0 heterocycles. The van der Waals surface area contributed by atoms with Crippen LogP contribution in [0.2, 0.25) is 0 Å². The molecule has 0 saturated carbocycles. The molecule has 0 bridgehead atoms. The molecule has 0 amide bonds. The third-order valence-electron chi connectivity index (χ3n) is 1.16. The van der Waals surface area contributed by atoms with Crippen LogP contribution in [0.4, 0.5) is 0 Å². The van der Waals surface area contributed by atoms with Crippen molar-refractivity contribution in [1.29, 1.82) is 0 Å². The quantitative estimate of drug-likeness (QED) is 0.536. The van der Waals surface area contributed by atoms with E-state index in [9.17, 15) is 4.79 Å². The number of hydrogen-bond donors (Lipinski definition) is 2. The van der Waals surface area contributed by atoms with Crippen LogP contribution >= 0.6 is 0 Å². The molecule has 2 N–H and O–H groups in total. The first-order valence-electron chi connectivity index (χ1n) is 2.43. The van der Waals surface area contributed by atoms with Crippen LogP contribution in [0.25, 0.3) is 0 Å². The second kappa shape index (κ2) is 2.13. The molecule has 8 heavy (non-hydrogen) atoms. The zero-order valence-electron chi connectivity index (χ0n) is 5.36. The van der Waals surface area contributed by atoms with E-state index in [2.05, 4.69) is 5.32 Å².